The molecule has 2 aliphatic heterocycles. The molecule has 2 aromatic heterocycles. The number of nitrogens with one attached hydrogen (secondary N) is 1. The number of aromatic nitrogens is 3. The van der Waals surface area contributed by atoms with E-state index in [2.05, 4.69) is 25.2 Å². The Morgan fingerprint density at radius 1 is 1.00 bits per heavy atom. The molecule has 1 aromatic carbocycles. The van der Waals surface area contributed by atoms with E-state index >= 15 is 0 Å². The van der Waals surface area contributed by atoms with Crippen molar-refractivity contribution in [3.05, 3.63) is 48.3 Å². The number of hydrogen-bond donors (Lipinski definition) is 1. The van der Waals surface area contributed by atoms with Gasteiger partial charge in [-0.05, 0) is 38.1 Å². The summed E-state index contributed by atoms with van der Waals surface area (Å²) in [6.45, 7) is 6.92. The van der Waals surface area contributed by atoms with Gasteiger partial charge in [0.25, 0.3) is 0 Å². The monoisotopic (exact) mass is 545 g/mol. The van der Waals surface area contributed by atoms with Crippen LogP contribution in [0.1, 0.15) is 13.8 Å². The number of fused-ring (bicyclic) bond motifs is 1. The minimum atomic E-state index is -3.20. The molecule has 0 bridgehead atoms. The number of piperazine rings is 1. The second-order valence-corrected chi connectivity index (χ2v) is 11.5. The van der Waals surface area contributed by atoms with E-state index in [9.17, 15) is 17.2 Å². The first kappa shape index (κ1) is 26.0. The van der Waals surface area contributed by atoms with Gasteiger partial charge in [-0.1, -0.05) is 0 Å². The van der Waals surface area contributed by atoms with Crippen molar-refractivity contribution in [2.24, 2.45) is 0 Å². The molecule has 2 aliphatic rings. The van der Waals surface area contributed by atoms with Crippen molar-refractivity contribution in [3.63, 3.8) is 0 Å². The minimum Gasteiger partial charge on any atom is -0.486 e. The zero-order chi connectivity index (χ0) is 27.0. The fourth-order valence-corrected chi connectivity index (χ4v) is 5.47. The van der Waals surface area contributed by atoms with Gasteiger partial charge in [-0.3, -0.25) is 0 Å². The van der Waals surface area contributed by atoms with Crippen molar-refractivity contribution in [2.45, 2.75) is 19.9 Å². The van der Waals surface area contributed by atoms with Gasteiger partial charge in [-0.15, -0.1) is 0 Å². The highest BCUT2D eigenvalue weighted by atomic mass is 32.2. The SMILES string of the molecule is CC(C)N1CCOc2c(F)cc(-c3nc(Nc4ccc(N5CCN(S(C)(=O)=O)CC5)cn4)ncc3F)cc21. The highest BCUT2D eigenvalue weighted by Gasteiger charge is 2.26. The van der Waals surface area contributed by atoms with Crippen LogP contribution in [0.3, 0.4) is 0 Å². The number of anilines is 4. The summed E-state index contributed by atoms with van der Waals surface area (Å²) in [5.74, 6) is -0.552. The predicted octanol–water partition coefficient (Wildman–Crippen LogP) is 3.25. The summed E-state index contributed by atoms with van der Waals surface area (Å²) in [7, 11) is -3.20. The minimum absolute atomic E-state index is 0.0427. The number of rotatable bonds is 6. The van der Waals surface area contributed by atoms with Gasteiger partial charge < -0.3 is 19.9 Å². The molecule has 0 saturated carbocycles. The zero-order valence-electron chi connectivity index (χ0n) is 21.4. The molecule has 38 heavy (non-hydrogen) atoms. The number of hydrogen-bond acceptors (Lipinski definition) is 9. The van der Waals surface area contributed by atoms with Gasteiger partial charge in [0.2, 0.25) is 16.0 Å². The van der Waals surface area contributed by atoms with E-state index in [1.165, 1.54) is 16.6 Å². The van der Waals surface area contributed by atoms with Crippen molar-refractivity contribution >= 4 is 33.2 Å². The Balaban J connectivity index is 1.34. The number of nitrogens with zero attached hydrogens (tertiary/aromatic N) is 6. The third-order valence-corrected chi connectivity index (χ3v) is 7.92. The predicted molar refractivity (Wildman–Crippen MR) is 142 cm³/mol. The van der Waals surface area contributed by atoms with Gasteiger partial charge in [0.05, 0.1) is 36.6 Å². The van der Waals surface area contributed by atoms with Gasteiger partial charge in [-0.2, -0.15) is 4.31 Å². The Morgan fingerprint density at radius 2 is 1.76 bits per heavy atom. The topological polar surface area (TPSA) is 104 Å². The van der Waals surface area contributed by atoms with E-state index in [0.29, 0.717) is 50.8 Å². The molecular weight excluding hydrogens is 516 g/mol. The average molecular weight is 546 g/mol. The second kappa shape index (κ2) is 10.3. The Kier molecular flexibility index (Phi) is 7.05. The normalized spacial score (nSPS) is 16.4. The summed E-state index contributed by atoms with van der Waals surface area (Å²) in [5, 5.41) is 2.97. The van der Waals surface area contributed by atoms with Crippen LogP contribution in [0.25, 0.3) is 11.3 Å². The van der Waals surface area contributed by atoms with Gasteiger partial charge in [0.15, 0.2) is 17.4 Å². The zero-order valence-corrected chi connectivity index (χ0v) is 22.2. The van der Waals surface area contributed by atoms with Crippen LogP contribution >= 0.6 is 0 Å². The molecule has 5 rings (SSSR count). The lowest BCUT2D eigenvalue weighted by Crippen LogP contribution is -2.48. The van der Waals surface area contributed by atoms with Crippen molar-refractivity contribution in [1.29, 1.82) is 0 Å². The van der Waals surface area contributed by atoms with Crippen LogP contribution in [0.5, 0.6) is 5.75 Å². The van der Waals surface area contributed by atoms with Crippen LogP contribution < -0.4 is 19.9 Å². The number of halogens is 2. The molecule has 1 saturated heterocycles. The molecule has 4 heterocycles. The van der Waals surface area contributed by atoms with E-state index in [0.717, 1.165) is 11.9 Å². The average Bonchev–Trinajstić information content (AvgIpc) is 2.89. The second-order valence-electron chi connectivity index (χ2n) is 9.51. The van der Waals surface area contributed by atoms with Crippen molar-refractivity contribution in [2.75, 3.05) is 60.7 Å². The molecule has 0 amide bonds. The molecule has 0 unspecified atom stereocenters. The first-order chi connectivity index (χ1) is 18.1. The number of pyridine rings is 1. The van der Waals surface area contributed by atoms with Gasteiger partial charge in [0, 0.05) is 37.8 Å². The maximum Gasteiger partial charge on any atom is 0.229 e. The summed E-state index contributed by atoms with van der Waals surface area (Å²) in [4.78, 5) is 16.8. The van der Waals surface area contributed by atoms with E-state index in [1.54, 1.807) is 18.3 Å². The highest BCUT2D eigenvalue weighted by Crippen LogP contribution is 2.39. The molecule has 3 aromatic rings. The molecule has 0 spiro atoms. The summed E-state index contributed by atoms with van der Waals surface area (Å²) >= 11 is 0. The van der Waals surface area contributed by atoms with E-state index in [-0.39, 0.29) is 29.0 Å². The molecule has 1 N–H and O–H groups in total. The molecule has 0 atom stereocenters. The summed E-state index contributed by atoms with van der Waals surface area (Å²) in [5.41, 5.74) is 1.64. The van der Waals surface area contributed by atoms with Gasteiger partial charge in [-0.25, -0.2) is 32.2 Å². The highest BCUT2D eigenvalue weighted by molar-refractivity contribution is 7.88. The molecule has 0 radical (unpaired) electrons. The third kappa shape index (κ3) is 5.34. The van der Waals surface area contributed by atoms with Crippen molar-refractivity contribution < 1.29 is 21.9 Å². The Labute approximate surface area is 220 Å². The lowest BCUT2D eigenvalue weighted by molar-refractivity contribution is 0.287. The van der Waals surface area contributed by atoms with Crippen LogP contribution in [0.4, 0.5) is 31.9 Å². The van der Waals surface area contributed by atoms with Crippen LogP contribution in [-0.2, 0) is 10.0 Å². The molecular formula is C25H29F2N7O3S. The third-order valence-electron chi connectivity index (χ3n) is 6.61. The number of benzene rings is 1. The van der Waals surface area contributed by atoms with Crippen LogP contribution in [0.15, 0.2) is 36.7 Å². The fourth-order valence-electron chi connectivity index (χ4n) is 4.64. The largest absolute Gasteiger partial charge is 0.486 e. The quantitative estimate of drug-likeness (QED) is 0.500. The van der Waals surface area contributed by atoms with E-state index < -0.39 is 21.7 Å². The Hall–Kier alpha value is -3.58. The standard InChI is InChI=1S/C25H29F2N7O3S/c1-16(2)34-10-11-37-24-19(26)12-17(13-21(24)34)23-20(27)15-29-25(31-23)30-22-5-4-18(14-28-22)32-6-8-33(9-7-32)38(3,35)36/h4-5,12-16H,6-11H2,1-3H3,(H,28,29,30,31). The van der Waals surface area contributed by atoms with E-state index in [4.69, 9.17) is 4.74 Å². The van der Waals surface area contributed by atoms with Crippen molar-refractivity contribution in [1.82, 2.24) is 19.3 Å². The summed E-state index contributed by atoms with van der Waals surface area (Å²) < 4.78 is 60.2. The van der Waals surface area contributed by atoms with Crippen LogP contribution in [0.2, 0.25) is 0 Å². The van der Waals surface area contributed by atoms with Crippen LogP contribution in [-0.4, -0.2) is 79.3 Å². The first-order valence-electron chi connectivity index (χ1n) is 12.3. The number of ether oxygens (including phenoxy) is 1. The maximum absolute atomic E-state index is 14.9. The van der Waals surface area contributed by atoms with Crippen molar-refractivity contribution in [3.8, 4) is 17.0 Å². The molecule has 10 nitrogen and oxygen atoms in total. The summed E-state index contributed by atoms with van der Waals surface area (Å²) in [6.07, 6.45) is 3.92. The van der Waals surface area contributed by atoms with Gasteiger partial charge in [0.1, 0.15) is 18.1 Å². The van der Waals surface area contributed by atoms with Crippen LogP contribution in [0, 0.1) is 11.6 Å². The molecule has 202 valence electrons. The number of sulfonamides is 1. The summed E-state index contributed by atoms with van der Waals surface area (Å²) in [6, 6.07) is 6.60. The lowest BCUT2D eigenvalue weighted by atomic mass is 10.1. The molecule has 13 heteroatoms. The Morgan fingerprint density at radius 3 is 2.42 bits per heavy atom. The smallest absolute Gasteiger partial charge is 0.229 e. The van der Waals surface area contributed by atoms with E-state index in [1.807, 2.05) is 24.8 Å². The first-order valence-corrected chi connectivity index (χ1v) is 14.1. The maximum atomic E-state index is 14.9. The lowest BCUT2D eigenvalue weighted by Gasteiger charge is -2.34. The molecule has 0 aliphatic carbocycles. The van der Waals surface area contributed by atoms with Gasteiger partial charge >= 0.3 is 0 Å². The fraction of sp³-hybridized carbons (Fsp3) is 0.400. The Bertz CT molecular complexity index is 1430. The molecule has 1 fully saturated rings.